The third-order valence-corrected chi connectivity index (χ3v) is 8.22. The number of rotatable bonds is 7. The molecule has 0 aliphatic carbocycles. The molecule has 0 amide bonds. The van der Waals surface area contributed by atoms with Gasteiger partial charge in [-0.25, -0.2) is 4.68 Å². The second-order valence-corrected chi connectivity index (χ2v) is 10.9. The Kier molecular flexibility index (Phi) is 6.78. The van der Waals surface area contributed by atoms with Gasteiger partial charge in [-0.1, -0.05) is 17.8 Å². The van der Waals surface area contributed by atoms with Crippen LogP contribution in [0.2, 0.25) is 0 Å². The number of nitro benzene ring substituents is 1. The topological polar surface area (TPSA) is 107 Å². The highest BCUT2D eigenvalue weighted by Gasteiger charge is 2.42. The van der Waals surface area contributed by atoms with Crippen LogP contribution in [-0.2, 0) is 0 Å². The number of anilines is 1. The van der Waals surface area contributed by atoms with Gasteiger partial charge in [0.15, 0.2) is 5.11 Å². The summed E-state index contributed by atoms with van der Waals surface area (Å²) in [7, 11) is 0. The van der Waals surface area contributed by atoms with Crippen molar-refractivity contribution in [2.75, 3.05) is 4.90 Å². The summed E-state index contributed by atoms with van der Waals surface area (Å²) in [5.41, 5.74) is 5.12. The molecule has 200 valence electrons. The number of hydrogen-bond acceptors (Lipinski definition) is 7. The van der Waals surface area contributed by atoms with Gasteiger partial charge in [-0.3, -0.25) is 19.8 Å². The summed E-state index contributed by atoms with van der Waals surface area (Å²) < 4.78 is 3.94. The first-order chi connectivity index (χ1) is 19.4. The van der Waals surface area contributed by atoms with Crippen LogP contribution < -0.4 is 10.2 Å². The molecule has 3 aromatic heterocycles. The molecular formula is C28H24N8O2S2. The van der Waals surface area contributed by atoms with Crippen LogP contribution >= 0.6 is 24.0 Å². The van der Waals surface area contributed by atoms with Gasteiger partial charge in [0.05, 0.1) is 22.7 Å². The number of nitrogens with one attached hydrogen (secondary N) is 1. The Morgan fingerprint density at radius 2 is 1.65 bits per heavy atom. The number of benzene rings is 2. The number of aromatic nitrogens is 5. The molecule has 1 aliphatic rings. The highest BCUT2D eigenvalue weighted by atomic mass is 32.2. The minimum Gasteiger partial charge on any atom is -0.351 e. The number of nitro groups is 1. The summed E-state index contributed by atoms with van der Waals surface area (Å²) >= 11 is 7.45. The highest BCUT2D eigenvalue weighted by molar-refractivity contribution is 7.99. The van der Waals surface area contributed by atoms with Crippen LogP contribution in [-0.4, -0.2) is 34.6 Å². The van der Waals surface area contributed by atoms with Crippen molar-refractivity contribution >= 4 is 40.5 Å². The largest absolute Gasteiger partial charge is 0.351 e. The maximum atomic E-state index is 11.0. The lowest BCUT2D eigenvalue weighted by atomic mass is 9.96. The summed E-state index contributed by atoms with van der Waals surface area (Å²) in [6.45, 7) is 4.14. The predicted octanol–water partition coefficient (Wildman–Crippen LogP) is 5.64. The van der Waals surface area contributed by atoms with Crippen molar-refractivity contribution in [3.63, 3.8) is 0 Å². The number of pyridine rings is 1. The minimum atomic E-state index is -0.394. The van der Waals surface area contributed by atoms with E-state index in [4.69, 9.17) is 12.2 Å². The Balaban J connectivity index is 1.36. The Hall–Kier alpha value is -4.55. The summed E-state index contributed by atoms with van der Waals surface area (Å²) in [4.78, 5) is 19.3. The number of hydrogen-bond donors (Lipinski definition) is 1. The molecule has 1 N–H and O–H groups in total. The van der Waals surface area contributed by atoms with Crippen LogP contribution in [0.1, 0.15) is 34.7 Å². The summed E-state index contributed by atoms with van der Waals surface area (Å²) in [6, 6.07) is 22.5. The van der Waals surface area contributed by atoms with Crippen molar-refractivity contribution in [2.45, 2.75) is 35.7 Å². The van der Waals surface area contributed by atoms with Gasteiger partial charge in [0.1, 0.15) is 12.7 Å². The highest BCUT2D eigenvalue weighted by Crippen LogP contribution is 2.43. The van der Waals surface area contributed by atoms with Crippen molar-refractivity contribution in [1.82, 2.24) is 29.9 Å². The van der Waals surface area contributed by atoms with Gasteiger partial charge in [-0.15, -0.1) is 10.2 Å². The van der Waals surface area contributed by atoms with Crippen LogP contribution in [0.5, 0.6) is 0 Å². The van der Waals surface area contributed by atoms with E-state index in [2.05, 4.69) is 62.1 Å². The quantitative estimate of drug-likeness (QED) is 0.152. The fourth-order valence-electron chi connectivity index (χ4n) is 5.13. The predicted molar refractivity (Wildman–Crippen MR) is 156 cm³/mol. The zero-order valence-corrected chi connectivity index (χ0v) is 23.2. The Bertz CT molecular complexity index is 1670. The Morgan fingerprint density at radius 1 is 0.975 bits per heavy atom. The minimum absolute atomic E-state index is 0.0758. The molecule has 4 heterocycles. The van der Waals surface area contributed by atoms with Gasteiger partial charge >= 0.3 is 0 Å². The van der Waals surface area contributed by atoms with E-state index in [9.17, 15) is 10.1 Å². The van der Waals surface area contributed by atoms with Gasteiger partial charge < -0.3 is 10.2 Å². The molecular weight excluding hydrogens is 544 g/mol. The lowest BCUT2D eigenvalue weighted by Crippen LogP contribution is -2.29. The van der Waals surface area contributed by atoms with E-state index in [1.807, 2.05) is 35.0 Å². The number of aryl methyl sites for hydroxylation is 1. The number of non-ortho nitro benzene ring substituents is 1. The molecule has 0 radical (unpaired) electrons. The summed E-state index contributed by atoms with van der Waals surface area (Å²) in [6.07, 6.45) is 5.15. The first-order valence-corrected chi connectivity index (χ1v) is 13.7. The zero-order chi connectivity index (χ0) is 27.8. The van der Waals surface area contributed by atoms with Crippen LogP contribution in [0.4, 0.5) is 11.4 Å². The van der Waals surface area contributed by atoms with Crippen LogP contribution in [0.3, 0.4) is 0 Å². The van der Waals surface area contributed by atoms with Crippen molar-refractivity contribution < 1.29 is 4.92 Å². The van der Waals surface area contributed by atoms with Gasteiger partial charge in [-0.2, -0.15) is 0 Å². The van der Waals surface area contributed by atoms with Crippen molar-refractivity contribution in [2.24, 2.45) is 0 Å². The standard InChI is InChI=1S/C28H24N8O2S2/c1-18-15-24(19(2)35(18)33-16-30-31-17-33)27-26(25-5-3-4-14-29-25)32-28(39)34(27)20-6-10-22(11-7-20)40-23-12-8-21(9-13-23)36(37)38/h3-17,26-27H,1-2H3,(H,32,39)/t26-,27-/m0/s1. The molecule has 5 aromatic rings. The van der Waals surface area contributed by atoms with Gasteiger partial charge in [0, 0.05) is 50.8 Å². The third kappa shape index (κ3) is 4.71. The zero-order valence-electron chi connectivity index (χ0n) is 21.6. The van der Waals surface area contributed by atoms with Crippen LogP contribution in [0, 0.1) is 24.0 Å². The van der Waals surface area contributed by atoms with E-state index < -0.39 is 4.92 Å². The van der Waals surface area contributed by atoms with E-state index in [0.29, 0.717) is 5.11 Å². The summed E-state index contributed by atoms with van der Waals surface area (Å²) in [5.74, 6) is 0. The van der Waals surface area contributed by atoms with E-state index >= 15 is 0 Å². The lowest BCUT2D eigenvalue weighted by Gasteiger charge is -2.28. The second kappa shape index (κ2) is 10.5. The lowest BCUT2D eigenvalue weighted by molar-refractivity contribution is -0.384. The maximum Gasteiger partial charge on any atom is 0.269 e. The molecule has 1 saturated heterocycles. The first-order valence-electron chi connectivity index (χ1n) is 12.5. The SMILES string of the molecule is Cc1cc([C@H]2[C@H](c3ccccn3)NC(=S)N2c2ccc(Sc3ccc([N+](=O)[O-])cc3)cc2)c(C)n1-n1cnnc1. The summed E-state index contributed by atoms with van der Waals surface area (Å²) in [5, 5.41) is 23.1. The Labute approximate surface area is 239 Å². The molecule has 0 bridgehead atoms. The van der Waals surface area contributed by atoms with E-state index in [1.54, 1.807) is 42.7 Å². The molecule has 40 heavy (non-hydrogen) atoms. The van der Waals surface area contributed by atoms with Gasteiger partial charge in [0.25, 0.3) is 5.69 Å². The average Bonchev–Trinajstić information content (AvgIpc) is 3.67. The second-order valence-electron chi connectivity index (χ2n) is 9.32. The van der Waals surface area contributed by atoms with Crippen molar-refractivity contribution in [3.05, 3.63) is 124 Å². The Morgan fingerprint density at radius 3 is 2.27 bits per heavy atom. The van der Waals surface area contributed by atoms with Crippen LogP contribution in [0.25, 0.3) is 0 Å². The van der Waals surface area contributed by atoms with Gasteiger partial charge in [-0.05, 0) is 80.7 Å². The molecule has 12 heteroatoms. The van der Waals surface area contributed by atoms with E-state index in [1.165, 1.54) is 12.1 Å². The smallest absolute Gasteiger partial charge is 0.269 e. The normalized spacial score (nSPS) is 16.8. The fraction of sp³-hybridized carbons (Fsp3) is 0.143. The average molecular weight is 569 g/mol. The number of thiocarbonyl (C=S) groups is 1. The van der Waals surface area contributed by atoms with E-state index in [0.717, 1.165) is 38.1 Å². The molecule has 0 saturated carbocycles. The molecule has 0 unspecified atom stereocenters. The maximum absolute atomic E-state index is 11.0. The van der Waals surface area contributed by atoms with Gasteiger partial charge in [0.2, 0.25) is 0 Å². The van der Waals surface area contributed by atoms with Crippen molar-refractivity contribution in [3.8, 4) is 0 Å². The molecule has 0 spiro atoms. The third-order valence-electron chi connectivity index (χ3n) is 6.89. The first kappa shape index (κ1) is 25.7. The number of nitrogens with zero attached hydrogens (tertiary/aromatic N) is 7. The van der Waals surface area contributed by atoms with Crippen molar-refractivity contribution in [1.29, 1.82) is 0 Å². The monoisotopic (exact) mass is 568 g/mol. The molecule has 2 atom stereocenters. The molecule has 2 aromatic carbocycles. The molecule has 1 fully saturated rings. The molecule has 10 nitrogen and oxygen atoms in total. The molecule has 1 aliphatic heterocycles. The van der Waals surface area contributed by atoms with E-state index in [-0.39, 0.29) is 17.8 Å². The molecule has 6 rings (SSSR count). The van der Waals surface area contributed by atoms with Crippen LogP contribution in [0.15, 0.2) is 101 Å². The fourth-order valence-corrected chi connectivity index (χ4v) is 6.29.